The monoisotopic (exact) mass is 231 g/mol. The minimum absolute atomic E-state index is 0.149. The van der Waals surface area contributed by atoms with Gasteiger partial charge in [0.15, 0.2) is 0 Å². The molecule has 5 nitrogen and oxygen atoms in total. The number of aromatic nitrogens is 2. The number of rotatable bonds is 3. The molecule has 90 valence electrons. The van der Waals surface area contributed by atoms with E-state index in [1.54, 1.807) is 12.3 Å². The van der Waals surface area contributed by atoms with Crippen LogP contribution < -0.4 is 11.1 Å². The zero-order valence-corrected chi connectivity index (χ0v) is 9.82. The lowest BCUT2D eigenvalue weighted by atomic mass is 9.82. The molecule has 0 unspecified atom stereocenters. The first kappa shape index (κ1) is 11.8. The van der Waals surface area contributed by atoms with Crippen LogP contribution in [-0.4, -0.2) is 22.1 Å². The topological polar surface area (TPSA) is 87.6 Å². The van der Waals surface area contributed by atoms with E-state index in [1.807, 2.05) is 6.07 Å². The third kappa shape index (κ3) is 3.14. The van der Waals surface area contributed by atoms with Crippen LogP contribution in [0.15, 0.2) is 12.3 Å². The maximum Gasteiger partial charge on any atom is 0.223 e. The Hall–Kier alpha value is -1.67. The summed E-state index contributed by atoms with van der Waals surface area (Å²) in [5.41, 5.74) is 6.52. The van der Waals surface area contributed by atoms with Gasteiger partial charge in [-0.3, -0.25) is 0 Å². The molecule has 1 aliphatic rings. The Kier molecular flexibility index (Phi) is 3.55. The third-order valence-corrected chi connectivity index (χ3v) is 3.22. The first-order valence-electron chi connectivity index (χ1n) is 5.98. The maximum atomic E-state index is 8.74. The van der Waals surface area contributed by atoms with Crippen LogP contribution in [0.4, 0.5) is 5.95 Å². The largest absolute Gasteiger partial charge is 0.352 e. The molecule has 1 aromatic rings. The summed E-state index contributed by atoms with van der Waals surface area (Å²) in [4.78, 5) is 8.14. The molecule has 0 amide bonds. The molecule has 17 heavy (non-hydrogen) atoms. The Labute approximate surface area is 101 Å². The van der Waals surface area contributed by atoms with E-state index in [4.69, 9.17) is 11.0 Å². The lowest BCUT2D eigenvalue weighted by molar-refractivity contribution is 0.310. The summed E-state index contributed by atoms with van der Waals surface area (Å²) in [6.07, 6.45) is 7.32. The van der Waals surface area contributed by atoms with Gasteiger partial charge in [0.1, 0.15) is 11.8 Å². The minimum Gasteiger partial charge on any atom is -0.352 e. The summed E-state index contributed by atoms with van der Waals surface area (Å²) in [5, 5.41) is 11.9. The fourth-order valence-corrected chi connectivity index (χ4v) is 2.19. The van der Waals surface area contributed by atoms with Crippen molar-refractivity contribution in [2.24, 2.45) is 5.73 Å². The van der Waals surface area contributed by atoms with Crippen LogP contribution in [0.2, 0.25) is 0 Å². The van der Waals surface area contributed by atoms with Gasteiger partial charge in [-0.15, -0.1) is 0 Å². The van der Waals surface area contributed by atoms with Gasteiger partial charge >= 0.3 is 0 Å². The van der Waals surface area contributed by atoms with E-state index >= 15 is 0 Å². The van der Waals surface area contributed by atoms with E-state index in [9.17, 15) is 0 Å². The molecule has 3 N–H and O–H groups in total. The average Bonchev–Trinajstić information content (AvgIpc) is 2.38. The minimum atomic E-state index is -0.149. The van der Waals surface area contributed by atoms with Gasteiger partial charge in [-0.25, -0.2) is 9.97 Å². The number of nitrogens with two attached hydrogens (primary N) is 1. The van der Waals surface area contributed by atoms with E-state index in [1.165, 1.54) is 19.3 Å². The van der Waals surface area contributed by atoms with Crippen molar-refractivity contribution >= 4 is 5.95 Å². The van der Waals surface area contributed by atoms with Crippen LogP contribution in [0.3, 0.4) is 0 Å². The van der Waals surface area contributed by atoms with Crippen molar-refractivity contribution in [3.63, 3.8) is 0 Å². The van der Waals surface area contributed by atoms with Crippen molar-refractivity contribution in [2.45, 2.75) is 37.6 Å². The maximum absolute atomic E-state index is 8.74. The van der Waals surface area contributed by atoms with Crippen molar-refractivity contribution in [1.29, 1.82) is 5.26 Å². The van der Waals surface area contributed by atoms with E-state index in [0.29, 0.717) is 18.2 Å². The van der Waals surface area contributed by atoms with Gasteiger partial charge in [0, 0.05) is 18.3 Å². The Morgan fingerprint density at radius 2 is 2.18 bits per heavy atom. The van der Waals surface area contributed by atoms with Gasteiger partial charge in [-0.1, -0.05) is 19.3 Å². The standard InChI is InChI=1S/C12H17N5/c13-8-10-4-7-15-11(17-10)16-9-12(14)5-2-1-3-6-12/h4,7H,1-3,5-6,9,14H2,(H,15,16,17). The zero-order chi connectivity index (χ0) is 12.1. The van der Waals surface area contributed by atoms with Crippen molar-refractivity contribution < 1.29 is 0 Å². The van der Waals surface area contributed by atoms with Gasteiger partial charge in [-0.05, 0) is 18.9 Å². The van der Waals surface area contributed by atoms with Crippen molar-refractivity contribution in [3.05, 3.63) is 18.0 Å². The van der Waals surface area contributed by atoms with Crippen LogP contribution in [-0.2, 0) is 0 Å². The lowest BCUT2D eigenvalue weighted by Crippen LogP contribution is -2.47. The molecule has 1 aliphatic carbocycles. The fraction of sp³-hybridized carbons (Fsp3) is 0.583. The first-order valence-corrected chi connectivity index (χ1v) is 5.98. The molecule has 1 fully saturated rings. The SMILES string of the molecule is N#Cc1ccnc(NCC2(N)CCCCC2)n1. The lowest BCUT2D eigenvalue weighted by Gasteiger charge is -2.33. The van der Waals surface area contributed by atoms with Crippen LogP contribution in [0, 0.1) is 11.3 Å². The molecule has 0 aromatic carbocycles. The smallest absolute Gasteiger partial charge is 0.223 e. The van der Waals surface area contributed by atoms with E-state index in [0.717, 1.165) is 12.8 Å². The second-order valence-electron chi connectivity index (χ2n) is 4.65. The second kappa shape index (κ2) is 5.11. The summed E-state index contributed by atoms with van der Waals surface area (Å²) in [5.74, 6) is 0.486. The normalized spacial score (nSPS) is 18.4. The molecule has 1 aromatic heterocycles. The number of nitrogens with one attached hydrogen (secondary N) is 1. The molecule has 5 heteroatoms. The molecular formula is C12H17N5. The molecule has 0 spiro atoms. The average molecular weight is 231 g/mol. The highest BCUT2D eigenvalue weighted by molar-refractivity contribution is 5.30. The van der Waals surface area contributed by atoms with Gasteiger partial charge < -0.3 is 11.1 Å². The van der Waals surface area contributed by atoms with Crippen molar-refractivity contribution in [1.82, 2.24) is 9.97 Å². The van der Waals surface area contributed by atoms with E-state index < -0.39 is 0 Å². The van der Waals surface area contributed by atoms with E-state index in [2.05, 4.69) is 15.3 Å². The Balaban J connectivity index is 1.95. The molecule has 1 saturated carbocycles. The molecule has 0 bridgehead atoms. The van der Waals surface area contributed by atoms with Crippen LogP contribution in [0.5, 0.6) is 0 Å². The fourth-order valence-electron chi connectivity index (χ4n) is 2.19. The quantitative estimate of drug-likeness (QED) is 0.821. The molecule has 0 atom stereocenters. The number of anilines is 1. The highest BCUT2D eigenvalue weighted by atomic mass is 15.1. The predicted molar refractivity (Wildman–Crippen MR) is 65.2 cm³/mol. The zero-order valence-electron chi connectivity index (χ0n) is 9.82. The number of nitriles is 1. The summed E-state index contributed by atoms with van der Waals surface area (Å²) in [6, 6.07) is 3.58. The second-order valence-corrected chi connectivity index (χ2v) is 4.65. The molecule has 2 rings (SSSR count). The number of nitrogens with zero attached hydrogens (tertiary/aromatic N) is 3. The van der Waals surface area contributed by atoms with Gasteiger partial charge in [-0.2, -0.15) is 5.26 Å². The Bertz CT molecular complexity index is 417. The van der Waals surface area contributed by atoms with Gasteiger partial charge in [0.05, 0.1) is 0 Å². The van der Waals surface area contributed by atoms with Gasteiger partial charge in [0.25, 0.3) is 0 Å². The summed E-state index contributed by atoms with van der Waals surface area (Å²) in [7, 11) is 0. The number of hydrogen-bond donors (Lipinski definition) is 2. The molecule has 0 radical (unpaired) electrons. The van der Waals surface area contributed by atoms with Crippen molar-refractivity contribution in [2.75, 3.05) is 11.9 Å². The number of hydrogen-bond acceptors (Lipinski definition) is 5. The first-order chi connectivity index (χ1) is 8.22. The Morgan fingerprint density at radius 3 is 2.88 bits per heavy atom. The van der Waals surface area contributed by atoms with Crippen LogP contribution in [0.1, 0.15) is 37.8 Å². The highest BCUT2D eigenvalue weighted by Gasteiger charge is 2.27. The van der Waals surface area contributed by atoms with Crippen molar-refractivity contribution in [3.8, 4) is 6.07 Å². The summed E-state index contributed by atoms with van der Waals surface area (Å²) in [6.45, 7) is 0.669. The molecular weight excluding hydrogens is 214 g/mol. The van der Waals surface area contributed by atoms with Gasteiger partial charge in [0.2, 0.25) is 5.95 Å². The van der Waals surface area contributed by atoms with E-state index in [-0.39, 0.29) is 5.54 Å². The highest BCUT2D eigenvalue weighted by Crippen LogP contribution is 2.25. The summed E-state index contributed by atoms with van der Waals surface area (Å²) >= 11 is 0. The predicted octanol–water partition coefficient (Wildman–Crippen LogP) is 1.42. The summed E-state index contributed by atoms with van der Waals surface area (Å²) < 4.78 is 0. The van der Waals surface area contributed by atoms with Crippen LogP contribution in [0.25, 0.3) is 0 Å². The molecule has 0 aliphatic heterocycles. The van der Waals surface area contributed by atoms with Crippen LogP contribution >= 0.6 is 0 Å². The Morgan fingerprint density at radius 1 is 1.41 bits per heavy atom. The molecule has 1 heterocycles. The molecule has 0 saturated heterocycles. The third-order valence-electron chi connectivity index (χ3n) is 3.22.